The van der Waals surface area contributed by atoms with Crippen molar-refractivity contribution >= 4 is 11.9 Å². The van der Waals surface area contributed by atoms with Gasteiger partial charge < -0.3 is 19.6 Å². The van der Waals surface area contributed by atoms with Crippen molar-refractivity contribution in [3.8, 4) is 5.75 Å². The van der Waals surface area contributed by atoms with Gasteiger partial charge in [0.15, 0.2) is 0 Å². The molecule has 0 unspecified atom stereocenters. The SMILES string of the molecule is O=C(O)CCCCOc1ccc(C(=O)N2CCC[C@H]2CN2CCCC2)cc1.[Li+]. The van der Waals surface area contributed by atoms with E-state index in [0.717, 1.165) is 44.8 Å². The van der Waals surface area contributed by atoms with E-state index in [1.807, 2.05) is 29.2 Å². The van der Waals surface area contributed by atoms with Crippen LogP contribution < -0.4 is 23.6 Å². The zero-order valence-corrected chi connectivity index (χ0v) is 16.9. The number of ether oxygens (including phenoxy) is 1. The van der Waals surface area contributed by atoms with Gasteiger partial charge >= 0.3 is 24.8 Å². The van der Waals surface area contributed by atoms with E-state index >= 15 is 0 Å². The second-order valence-corrected chi connectivity index (χ2v) is 7.53. The summed E-state index contributed by atoms with van der Waals surface area (Å²) in [4.78, 5) is 27.9. The molecular weight excluding hydrogens is 351 g/mol. The Balaban J connectivity index is 0.00000280. The molecule has 0 aliphatic carbocycles. The molecule has 2 aliphatic heterocycles. The Kier molecular flexibility index (Phi) is 9.37. The summed E-state index contributed by atoms with van der Waals surface area (Å²) in [5, 5.41) is 8.62. The van der Waals surface area contributed by atoms with Crippen LogP contribution in [0.3, 0.4) is 0 Å². The maximum atomic E-state index is 12.9. The molecule has 2 saturated heterocycles. The third kappa shape index (κ3) is 6.54. The number of carbonyl (C=O) groups excluding carboxylic acids is 1. The molecule has 0 saturated carbocycles. The second-order valence-electron chi connectivity index (χ2n) is 7.53. The van der Waals surface area contributed by atoms with Gasteiger partial charge in [-0.3, -0.25) is 9.59 Å². The van der Waals surface area contributed by atoms with E-state index in [9.17, 15) is 9.59 Å². The Morgan fingerprint density at radius 1 is 1.04 bits per heavy atom. The number of hydrogen-bond acceptors (Lipinski definition) is 4. The van der Waals surface area contributed by atoms with E-state index in [0.29, 0.717) is 31.1 Å². The van der Waals surface area contributed by atoms with E-state index in [2.05, 4.69) is 4.90 Å². The zero-order valence-electron chi connectivity index (χ0n) is 16.9. The molecule has 6 nitrogen and oxygen atoms in total. The van der Waals surface area contributed by atoms with Crippen LogP contribution in [0.25, 0.3) is 0 Å². The van der Waals surface area contributed by atoms with Gasteiger partial charge in [0.2, 0.25) is 0 Å². The topological polar surface area (TPSA) is 70.1 Å². The van der Waals surface area contributed by atoms with E-state index in [4.69, 9.17) is 9.84 Å². The molecule has 2 heterocycles. The largest absolute Gasteiger partial charge is 1.00 e. The van der Waals surface area contributed by atoms with Gasteiger partial charge in [0.05, 0.1) is 6.61 Å². The monoisotopic (exact) mass is 381 g/mol. The molecule has 1 amide bonds. The average Bonchev–Trinajstić information content (AvgIpc) is 3.33. The minimum absolute atomic E-state index is 0. The summed E-state index contributed by atoms with van der Waals surface area (Å²) in [6.07, 6.45) is 6.22. The summed E-state index contributed by atoms with van der Waals surface area (Å²) in [5.74, 6) is 0.0597. The molecule has 7 heteroatoms. The van der Waals surface area contributed by atoms with E-state index in [1.54, 1.807) is 0 Å². The van der Waals surface area contributed by atoms with Gasteiger partial charge in [-0.2, -0.15) is 0 Å². The number of unbranched alkanes of at least 4 members (excludes halogenated alkanes) is 1. The Morgan fingerprint density at radius 2 is 1.75 bits per heavy atom. The minimum atomic E-state index is -0.775. The Bertz CT molecular complexity index is 632. The Morgan fingerprint density at radius 3 is 2.43 bits per heavy atom. The van der Waals surface area contributed by atoms with Crippen molar-refractivity contribution in [2.75, 3.05) is 32.8 Å². The van der Waals surface area contributed by atoms with Crippen LogP contribution in [-0.2, 0) is 4.79 Å². The molecule has 1 aromatic carbocycles. The first-order chi connectivity index (χ1) is 13.1. The number of rotatable bonds is 9. The van der Waals surface area contributed by atoms with Gasteiger partial charge in [-0.1, -0.05) is 0 Å². The van der Waals surface area contributed by atoms with Crippen LogP contribution in [0.2, 0.25) is 0 Å². The number of carbonyl (C=O) groups is 2. The molecule has 0 aromatic heterocycles. The summed E-state index contributed by atoms with van der Waals surface area (Å²) in [5.41, 5.74) is 0.710. The summed E-state index contributed by atoms with van der Waals surface area (Å²) in [7, 11) is 0. The van der Waals surface area contributed by atoms with Crippen LogP contribution in [0.5, 0.6) is 5.75 Å². The van der Waals surface area contributed by atoms with Crippen molar-refractivity contribution in [1.29, 1.82) is 0 Å². The van der Waals surface area contributed by atoms with Crippen LogP contribution >= 0.6 is 0 Å². The Labute approximate surface area is 179 Å². The molecule has 148 valence electrons. The normalized spacial score (nSPS) is 19.4. The first kappa shape index (κ1) is 22.8. The number of hydrogen-bond donors (Lipinski definition) is 1. The summed E-state index contributed by atoms with van der Waals surface area (Å²) >= 11 is 0. The van der Waals surface area contributed by atoms with Crippen molar-refractivity contribution in [2.24, 2.45) is 0 Å². The third-order valence-electron chi connectivity index (χ3n) is 5.46. The van der Waals surface area contributed by atoms with Gasteiger partial charge in [-0.05, 0) is 75.9 Å². The molecule has 0 spiro atoms. The smallest absolute Gasteiger partial charge is 0.494 e. The van der Waals surface area contributed by atoms with Crippen LogP contribution in [-0.4, -0.2) is 65.6 Å². The molecule has 28 heavy (non-hydrogen) atoms. The van der Waals surface area contributed by atoms with Gasteiger partial charge in [-0.15, -0.1) is 0 Å². The molecule has 1 atom stereocenters. The Hall–Kier alpha value is -1.48. The van der Waals surface area contributed by atoms with Crippen molar-refractivity contribution in [2.45, 2.75) is 51.0 Å². The fourth-order valence-corrected chi connectivity index (χ4v) is 3.98. The summed E-state index contributed by atoms with van der Waals surface area (Å²) in [6.45, 7) is 4.67. The summed E-state index contributed by atoms with van der Waals surface area (Å²) in [6, 6.07) is 7.66. The number of carboxylic acids is 1. The predicted molar refractivity (Wildman–Crippen MR) is 103 cm³/mol. The zero-order chi connectivity index (χ0) is 19.1. The summed E-state index contributed by atoms with van der Waals surface area (Å²) < 4.78 is 5.63. The third-order valence-corrected chi connectivity index (χ3v) is 5.46. The van der Waals surface area contributed by atoms with E-state index in [-0.39, 0.29) is 31.2 Å². The molecule has 0 bridgehead atoms. The number of nitrogens with zero attached hydrogens (tertiary/aromatic N) is 2. The van der Waals surface area contributed by atoms with Crippen molar-refractivity contribution in [3.05, 3.63) is 29.8 Å². The van der Waals surface area contributed by atoms with Crippen LogP contribution in [0.4, 0.5) is 0 Å². The average molecular weight is 381 g/mol. The number of carboxylic acid groups (broad SMARTS) is 1. The number of benzene rings is 1. The molecule has 1 N–H and O–H groups in total. The first-order valence-electron chi connectivity index (χ1n) is 10.1. The fourth-order valence-electron chi connectivity index (χ4n) is 3.98. The van der Waals surface area contributed by atoms with Gasteiger partial charge in [0, 0.05) is 31.1 Å². The van der Waals surface area contributed by atoms with Crippen molar-refractivity contribution < 1.29 is 38.3 Å². The van der Waals surface area contributed by atoms with Gasteiger partial charge in [0.1, 0.15) is 5.75 Å². The van der Waals surface area contributed by atoms with Crippen LogP contribution in [0, 0.1) is 0 Å². The van der Waals surface area contributed by atoms with Crippen molar-refractivity contribution in [3.63, 3.8) is 0 Å². The standard InChI is InChI=1S/C21H30N2O4.Li/c24-20(25)7-1-4-15-27-19-10-8-17(9-11-19)21(26)23-14-5-6-18(23)16-22-12-2-3-13-22;/h8-11,18H,1-7,12-16H2,(H,24,25);/q;+1/t18-;/m0./s1. The fraction of sp³-hybridized carbons (Fsp3) is 0.619. The number of likely N-dealkylation sites (tertiary alicyclic amines) is 2. The van der Waals surface area contributed by atoms with Crippen molar-refractivity contribution in [1.82, 2.24) is 9.80 Å². The molecule has 0 radical (unpaired) electrons. The van der Waals surface area contributed by atoms with Gasteiger partial charge in [0.25, 0.3) is 5.91 Å². The first-order valence-corrected chi connectivity index (χ1v) is 10.1. The maximum absolute atomic E-state index is 12.9. The maximum Gasteiger partial charge on any atom is 1.00 e. The van der Waals surface area contributed by atoms with Crippen LogP contribution in [0.15, 0.2) is 24.3 Å². The van der Waals surface area contributed by atoms with Gasteiger partial charge in [-0.25, -0.2) is 0 Å². The van der Waals surface area contributed by atoms with E-state index in [1.165, 1.54) is 12.8 Å². The number of amides is 1. The predicted octanol–water partition coefficient (Wildman–Crippen LogP) is 0.0247. The molecule has 2 fully saturated rings. The minimum Gasteiger partial charge on any atom is -0.494 e. The molecule has 2 aliphatic rings. The second kappa shape index (κ2) is 11.5. The van der Waals surface area contributed by atoms with Crippen LogP contribution in [0.1, 0.15) is 55.3 Å². The molecular formula is C21H30LiN2O4+. The molecule has 1 aromatic rings. The quantitative estimate of drug-likeness (QED) is 0.483. The molecule has 3 rings (SSSR count). The number of aliphatic carboxylic acids is 1. The van der Waals surface area contributed by atoms with E-state index < -0.39 is 5.97 Å².